The van der Waals surface area contributed by atoms with Crippen LogP contribution in [-0.4, -0.2) is 55.4 Å². The summed E-state index contributed by atoms with van der Waals surface area (Å²) in [4.78, 5) is 29.7. The number of ether oxygens (including phenoxy) is 3. The summed E-state index contributed by atoms with van der Waals surface area (Å²) in [6.45, 7) is 2.96. The average Bonchev–Trinajstić information content (AvgIpc) is 3.55. The van der Waals surface area contributed by atoms with E-state index in [0.29, 0.717) is 51.8 Å². The quantitative estimate of drug-likeness (QED) is 0.462. The number of methoxy groups -OCH3 is 1. The van der Waals surface area contributed by atoms with E-state index in [9.17, 15) is 14.9 Å². The number of aromatic nitrogens is 1. The highest BCUT2D eigenvalue weighted by Crippen LogP contribution is 2.31. The van der Waals surface area contributed by atoms with Crippen LogP contribution in [0.3, 0.4) is 0 Å². The Kier molecular flexibility index (Phi) is 8.53. The van der Waals surface area contributed by atoms with Gasteiger partial charge in [0.2, 0.25) is 11.8 Å². The Balaban J connectivity index is 1.54. The van der Waals surface area contributed by atoms with Crippen LogP contribution >= 0.6 is 11.3 Å². The van der Waals surface area contributed by atoms with E-state index < -0.39 is 0 Å². The van der Waals surface area contributed by atoms with Crippen molar-refractivity contribution in [3.05, 3.63) is 43.8 Å². The van der Waals surface area contributed by atoms with Gasteiger partial charge in [-0.15, -0.1) is 11.3 Å². The normalized spacial score (nSPS) is 19.8. The van der Waals surface area contributed by atoms with Gasteiger partial charge in [-0.05, 0) is 44.4 Å². The molecule has 2 heterocycles. The van der Waals surface area contributed by atoms with Gasteiger partial charge < -0.3 is 24.8 Å². The Morgan fingerprint density at radius 1 is 1.36 bits per heavy atom. The van der Waals surface area contributed by atoms with Crippen molar-refractivity contribution in [2.45, 2.75) is 44.9 Å². The van der Waals surface area contributed by atoms with E-state index in [-0.39, 0.29) is 30.2 Å². The van der Waals surface area contributed by atoms with Gasteiger partial charge in [0.05, 0.1) is 19.3 Å². The summed E-state index contributed by atoms with van der Waals surface area (Å²) >= 11 is 1.22. The molecule has 2 atom stereocenters. The lowest BCUT2D eigenvalue weighted by Crippen LogP contribution is -2.32. The second kappa shape index (κ2) is 12.0. The summed E-state index contributed by atoms with van der Waals surface area (Å²) in [5, 5.41) is 15.8. The third-order valence-corrected chi connectivity index (χ3v) is 7.04. The number of hydrogen-bond acceptors (Lipinski definition) is 9. The lowest BCUT2D eigenvalue weighted by molar-refractivity contribution is -0.121. The van der Waals surface area contributed by atoms with E-state index in [1.807, 2.05) is 13.0 Å². The predicted molar refractivity (Wildman–Crippen MR) is 138 cm³/mol. The van der Waals surface area contributed by atoms with Crippen LogP contribution in [0.15, 0.2) is 34.1 Å². The standard InChI is InChI=1S/C25H29N5O5S/c1-3-30-24(32)21(36-25(30)18(13-26)23-29-19-8-5-9-20(19)35-23)14-27-16-6-4-7-17(12-16)28-22(31)15-34-11-10-33-2/h4,6-7,12,14,19-20,27H,3,5,8-11,15H2,1-2H3,(H,28,31)/t19-,20+/m0/s1. The average molecular weight is 512 g/mol. The highest BCUT2D eigenvalue weighted by molar-refractivity contribution is 7.07. The van der Waals surface area contributed by atoms with Gasteiger partial charge in [0.1, 0.15) is 33.5 Å². The third kappa shape index (κ3) is 5.84. The monoisotopic (exact) mass is 511 g/mol. The van der Waals surface area contributed by atoms with Crippen molar-refractivity contribution in [1.82, 2.24) is 4.57 Å². The summed E-state index contributed by atoms with van der Waals surface area (Å²) in [5.41, 5.74) is 1.37. The lowest BCUT2D eigenvalue weighted by Gasteiger charge is -2.08. The number of fused-ring (bicyclic) bond motifs is 1. The Hall–Kier alpha value is -3.46. The van der Waals surface area contributed by atoms with E-state index in [2.05, 4.69) is 21.7 Å². The van der Waals surface area contributed by atoms with E-state index in [0.717, 1.165) is 19.3 Å². The molecule has 2 aliphatic rings. The number of anilines is 2. The van der Waals surface area contributed by atoms with Crippen molar-refractivity contribution in [3.63, 3.8) is 0 Å². The number of rotatable bonds is 10. The van der Waals surface area contributed by atoms with Crippen molar-refractivity contribution in [3.8, 4) is 6.07 Å². The summed E-state index contributed by atoms with van der Waals surface area (Å²) in [6, 6.07) is 9.43. The molecule has 36 heavy (non-hydrogen) atoms. The number of aliphatic imine (C=N–C) groups is 1. The largest absolute Gasteiger partial charge is 0.471 e. The molecule has 1 fully saturated rings. The zero-order valence-electron chi connectivity index (χ0n) is 20.3. The zero-order chi connectivity index (χ0) is 25.5. The Bertz CT molecular complexity index is 1360. The first-order chi connectivity index (χ1) is 17.5. The molecule has 10 nitrogen and oxygen atoms in total. The van der Waals surface area contributed by atoms with Crippen LogP contribution in [0, 0.1) is 11.3 Å². The fraction of sp³-hybridized carbons (Fsp3) is 0.440. The van der Waals surface area contributed by atoms with E-state index in [1.54, 1.807) is 36.1 Å². The molecular formula is C25H29N5O5S. The van der Waals surface area contributed by atoms with E-state index in [4.69, 9.17) is 14.2 Å². The smallest absolute Gasteiger partial charge is 0.270 e. The first kappa shape index (κ1) is 25.6. The van der Waals surface area contributed by atoms with Crippen molar-refractivity contribution < 1.29 is 19.0 Å². The molecule has 0 bridgehead atoms. The minimum Gasteiger partial charge on any atom is -0.471 e. The molecular weight excluding hydrogens is 482 g/mol. The number of amides is 1. The van der Waals surface area contributed by atoms with Gasteiger partial charge in [0.15, 0.2) is 0 Å². The number of hydrogen-bond donors (Lipinski definition) is 2. The molecule has 0 unspecified atom stereocenters. The van der Waals surface area contributed by atoms with Crippen molar-refractivity contribution in [2.24, 2.45) is 4.99 Å². The molecule has 1 amide bonds. The summed E-state index contributed by atoms with van der Waals surface area (Å²) in [7, 11) is 1.57. The van der Waals surface area contributed by atoms with Gasteiger partial charge >= 0.3 is 0 Å². The van der Waals surface area contributed by atoms with Crippen LogP contribution in [0.25, 0.3) is 11.8 Å². The Morgan fingerprint density at radius 2 is 2.19 bits per heavy atom. The molecule has 1 saturated carbocycles. The fourth-order valence-electron chi connectivity index (χ4n) is 4.16. The molecule has 190 valence electrons. The SMILES string of the molecule is CCn1c(=C(C#N)C2=N[C@H]3CCC[C@H]3O2)sc(=CNc2cccc(NC(=O)COCCOC)c2)c1=O. The summed E-state index contributed by atoms with van der Waals surface area (Å²) in [6.07, 6.45) is 4.61. The van der Waals surface area contributed by atoms with E-state index in [1.165, 1.54) is 11.3 Å². The van der Waals surface area contributed by atoms with Crippen molar-refractivity contribution in [2.75, 3.05) is 37.6 Å². The van der Waals surface area contributed by atoms with Crippen LogP contribution < -0.4 is 25.4 Å². The minimum atomic E-state index is -0.276. The van der Waals surface area contributed by atoms with Gasteiger partial charge in [0, 0.05) is 31.2 Å². The van der Waals surface area contributed by atoms with Crippen molar-refractivity contribution >= 4 is 46.3 Å². The summed E-state index contributed by atoms with van der Waals surface area (Å²) in [5.74, 6) is 0.0616. The number of nitrogens with one attached hydrogen (secondary N) is 2. The third-order valence-electron chi connectivity index (χ3n) is 5.91. The van der Waals surface area contributed by atoms with Crippen LogP contribution in [0.5, 0.6) is 0 Å². The molecule has 1 aromatic heterocycles. The van der Waals surface area contributed by atoms with Gasteiger partial charge in [-0.2, -0.15) is 5.26 Å². The molecule has 4 rings (SSSR count). The molecule has 2 N–H and O–H groups in total. The predicted octanol–water partition coefficient (Wildman–Crippen LogP) is 1.41. The number of benzene rings is 1. The number of nitrogens with zero attached hydrogens (tertiary/aromatic N) is 3. The molecule has 0 radical (unpaired) electrons. The molecule has 1 aliphatic carbocycles. The van der Waals surface area contributed by atoms with Crippen LogP contribution in [-0.2, 0) is 25.5 Å². The number of carbonyl (C=O) groups excluding carboxylic acids is 1. The fourth-order valence-corrected chi connectivity index (χ4v) is 5.24. The molecule has 11 heteroatoms. The number of carbonyl (C=O) groups is 1. The summed E-state index contributed by atoms with van der Waals surface area (Å²) < 4.78 is 18.6. The number of thiazole rings is 1. The second-order valence-electron chi connectivity index (χ2n) is 8.36. The minimum absolute atomic E-state index is 0.0301. The maximum atomic E-state index is 13.1. The second-order valence-corrected chi connectivity index (χ2v) is 9.39. The van der Waals surface area contributed by atoms with Crippen LogP contribution in [0.1, 0.15) is 26.2 Å². The van der Waals surface area contributed by atoms with Gasteiger partial charge in [-0.25, -0.2) is 4.99 Å². The van der Waals surface area contributed by atoms with Crippen molar-refractivity contribution in [1.29, 1.82) is 5.26 Å². The Labute approximate surface area is 212 Å². The molecule has 1 aliphatic heterocycles. The molecule has 2 aromatic rings. The topological polar surface area (TPSA) is 127 Å². The van der Waals surface area contributed by atoms with Crippen LogP contribution in [0.2, 0.25) is 0 Å². The van der Waals surface area contributed by atoms with Gasteiger partial charge in [-0.1, -0.05) is 6.07 Å². The van der Waals surface area contributed by atoms with Gasteiger partial charge in [0.25, 0.3) is 5.56 Å². The first-order valence-electron chi connectivity index (χ1n) is 11.9. The van der Waals surface area contributed by atoms with E-state index >= 15 is 0 Å². The number of nitriles is 1. The van der Waals surface area contributed by atoms with Gasteiger partial charge in [-0.3, -0.25) is 14.2 Å². The van der Waals surface area contributed by atoms with Crippen LogP contribution in [0.4, 0.5) is 11.4 Å². The molecule has 1 aromatic carbocycles. The molecule has 0 saturated heterocycles. The highest BCUT2D eigenvalue weighted by atomic mass is 32.1. The lowest BCUT2D eigenvalue weighted by atomic mass is 10.2. The maximum absolute atomic E-state index is 13.1. The molecule has 0 spiro atoms. The zero-order valence-corrected chi connectivity index (χ0v) is 21.1. The first-order valence-corrected chi connectivity index (χ1v) is 12.7. The maximum Gasteiger partial charge on any atom is 0.270 e. The highest BCUT2D eigenvalue weighted by Gasteiger charge is 2.36. The Morgan fingerprint density at radius 3 is 2.94 bits per heavy atom.